The first-order valence-corrected chi connectivity index (χ1v) is 10.5. The zero-order valence-corrected chi connectivity index (χ0v) is 17.5. The monoisotopic (exact) mass is 403 g/mol. The van der Waals surface area contributed by atoms with Crippen LogP contribution < -0.4 is 5.32 Å². The van der Waals surface area contributed by atoms with Crippen LogP contribution in [0.3, 0.4) is 0 Å². The van der Waals surface area contributed by atoms with Crippen molar-refractivity contribution in [3.8, 4) is 0 Å². The Bertz CT molecular complexity index is 867. The Morgan fingerprint density at radius 3 is 2.44 bits per heavy atom. The lowest BCUT2D eigenvalue weighted by molar-refractivity contribution is 0.617. The molecule has 144 valence electrons. The van der Waals surface area contributed by atoms with Crippen molar-refractivity contribution in [3.63, 3.8) is 0 Å². The third-order valence-electron chi connectivity index (χ3n) is 5.17. The lowest BCUT2D eigenvalue weighted by Gasteiger charge is -2.16. The van der Waals surface area contributed by atoms with Crippen LogP contribution in [0.4, 0.5) is 5.69 Å². The van der Waals surface area contributed by atoms with E-state index in [0.29, 0.717) is 5.92 Å². The van der Waals surface area contributed by atoms with Gasteiger partial charge in [0.25, 0.3) is 0 Å². The van der Waals surface area contributed by atoms with Gasteiger partial charge in [-0.15, -0.1) is 0 Å². The summed E-state index contributed by atoms with van der Waals surface area (Å²) in [6, 6.07) is 12.0. The van der Waals surface area contributed by atoms with Gasteiger partial charge >= 0.3 is 0 Å². The fourth-order valence-corrected chi connectivity index (χ4v) is 3.94. The predicted octanol–water partition coefficient (Wildman–Crippen LogP) is 7.14. The summed E-state index contributed by atoms with van der Waals surface area (Å²) >= 11 is 12.3. The lowest BCUT2D eigenvalue weighted by Crippen LogP contribution is -2.05. The molecule has 0 saturated heterocycles. The van der Waals surface area contributed by atoms with E-state index in [4.69, 9.17) is 23.2 Å². The second-order valence-corrected chi connectivity index (χ2v) is 7.77. The van der Waals surface area contributed by atoms with Crippen LogP contribution in [0.25, 0.3) is 11.0 Å². The average Bonchev–Trinajstić information content (AvgIpc) is 3.10. The zero-order chi connectivity index (χ0) is 19.2. The van der Waals surface area contributed by atoms with Crippen molar-refractivity contribution in [2.24, 2.45) is 0 Å². The third-order valence-corrected chi connectivity index (χ3v) is 5.73. The first kappa shape index (κ1) is 20.0. The quantitative estimate of drug-likeness (QED) is 0.384. The normalized spacial score (nSPS) is 11.4. The summed E-state index contributed by atoms with van der Waals surface area (Å²) in [6.45, 7) is 6.39. The van der Waals surface area contributed by atoms with Gasteiger partial charge < -0.3 is 9.88 Å². The van der Waals surface area contributed by atoms with Gasteiger partial charge in [0.2, 0.25) is 0 Å². The van der Waals surface area contributed by atoms with Crippen molar-refractivity contribution in [2.45, 2.75) is 52.0 Å². The van der Waals surface area contributed by atoms with E-state index in [2.05, 4.69) is 34.8 Å². The van der Waals surface area contributed by atoms with Gasteiger partial charge in [-0.25, -0.2) is 4.98 Å². The molecule has 1 heterocycles. The number of anilines is 1. The van der Waals surface area contributed by atoms with Crippen molar-refractivity contribution in [1.29, 1.82) is 0 Å². The van der Waals surface area contributed by atoms with E-state index in [1.165, 1.54) is 11.1 Å². The Kier molecular flexibility index (Phi) is 7.03. The number of aryl methyl sites for hydroxylation is 1. The molecule has 0 saturated carbocycles. The molecule has 2 aromatic carbocycles. The molecule has 0 fully saturated rings. The molecule has 0 unspecified atom stereocenters. The molecule has 0 amide bonds. The summed E-state index contributed by atoms with van der Waals surface area (Å²) in [4.78, 5) is 4.59. The summed E-state index contributed by atoms with van der Waals surface area (Å²) in [5.74, 6) is 0.548. The number of benzene rings is 2. The summed E-state index contributed by atoms with van der Waals surface area (Å²) < 4.78 is 2.27. The van der Waals surface area contributed by atoms with Gasteiger partial charge in [-0.2, -0.15) is 0 Å². The maximum absolute atomic E-state index is 6.40. The van der Waals surface area contributed by atoms with Crippen LogP contribution in [0.5, 0.6) is 0 Å². The number of aromatic nitrogens is 2. The molecular formula is C22H27Cl2N3. The molecule has 0 atom stereocenters. The van der Waals surface area contributed by atoms with E-state index in [0.717, 1.165) is 60.0 Å². The molecule has 3 nitrogen and oxygen atoms in total. The second kappa shape index (κ2) is 9.48. The van der Waals surface area contributed by atoms with Crippen LogP contribution in [0.15, 0.2) is 42.7 Å². The summed E-state index contributed by atoms with van der Waals surface area (Å²) in [5, 5.41) is 4.94. The van der Waals surface area contributed by atoms with Crippen molar-refractivity contribution < 1.29 is 0 Å². The summed E-state index contributed by atoms with van der Waals surface area (Å²) in [6.07, 6.45) is 6.37. The van der Waals surface area contributed by atoms with Crippen LogP contribution in [-0.2, 0) is 6.54 Å². The van der Waals surface area contributed by atoms with Crippen LogP contribution >= 0.6 is 23.2 Å². The van der Waals surface area contributed by atoms with Crippen molar-refractivity contribution in [1.82, 2.24) is 9.55 Å². The molecule has 3 rings (SSSR count). The number of rotatable bonds is 9. The Labute approximate surface area is 171 Å². The largest absolute Gasteiger partial charge is 0.385 e. The molecule has 3 aromatic rings. The van der Waals surface area contributed by atoms with Crippen LogP contribution in [0.2, 0.25) is 10.0 Å². The van der Waals surface area contributed by atoms with E-state index in [-0.39, 0.29) is 0 Å². The fraction of sp³-hybridized carbons (Fsp3) is 0.409. The molecule has 0 spiro atoms. The Morgan fingerprint density at radius 1 is 1.00 bits per heavy atom. The zero-order valence-electron chi connectivity index (χ0n) is 16.0. The molecule has 0 aliphatic rings. The minimum absolute atomic E-state index is 0.548. The van der Waals surface area contributed by atoms with Gasteiger partial charge in [0.15, 0.2) is 0 Å². The first-order valence-electron chi connectivity index (χ1n) is 9.76. The Balaban J connectivity index is 1.64. The molecule has 1 N–H and O–H groups in total. The minimum Gasteiger partial charge on any atom is -0.385 e. The van der Waals surface area contributed by atoms with E-state index < -0.39 is 0 Å². The number of hydrogen-bond donors (Lipinski definition) is 1. The highest BCUT2D eigenvalue weighted by atomic mass is 35.5. The molecule has 1 aromatic heterocycles. The number of hydrogen-bond acceptors (Lipinski definition) is 2. The summed E-state index contributed by atoms with van der Waals surface area (Å²) in [7, 11) is 0. The highest BCUT2D eigenvalue weighted by Gasteiger charge is 2.16. The first-order chi connectivity index (χ1) is 13.1. The van der Waals surface area contributed by atoms with Gasteiger partial charge in [-0.05, 0) is 67.5 Å². The Hall–Kier alpha value is -1.71. The SMILES string of the molecule is CCC(CC)c1ccc(Cl)c2ncn(CCCCNc3ccc(Cl)cc3)c12. The maximum atomic E-state index is 6.40. The van der Waals surface area contributed by atoms with E-state index >= 15 is 0 Å². The third kappa shape index (κ3) is 4.77. The van der Waals surface area contributed by atoms with Gasteiger partial charge in [0, 0.05) is 23.8 Å². The number of fused-ring (bicyclic) bond motifs is 1. The lowest BCUT2D eigenvalue weighted by atomic mass is 9.93. The molecule has 0 aliphatic heterocycles. The summed E-state index contributed by atoms with van der Waals surface area (Å²) in [5.41, 5.74) is 4.62. The standard InChI is InChI=1S/C22H27Cl2N3/c1-3-16(4-2)19-11-12-20(24)21-22(19)27(15-26-21)14-6-5-13-25-18-9-7-17(23)8-10-18/h7-12,15-16,25H,3-6,13-14H2,1-2H3. The number of nitrogens with one attached hydrogen (secondary N) is 1. The molecule has 0 radical (unpaired) electrons. The number of unbranched alkanes of at least 4 members (excludes halogenated alkanes) is 1. The van der Waals surface area contributed by atoms with Gasteiger partial charge in [-0.3, -0.25) is 0 Å². The van der Waals surface area contributed by atoms with Crippen LogP contribution in [0, 0.1) is 0 Å². The fourth-order valence-electron chi connectivity index (χ4n) is 3.62. The van der Waals surface area contributed by atoms with Gasteiger partial charge in [-0.1, -0.05) is 43.1 Å². The van der Waals surface area contributed by atoms with Crippen molar-refractivity contribution >= 4 is 39.9 Å². The Morgan fingerprint density at radius 2 is 1.74 bits per heavy atom. The molecule has 0 bridgehead atoms. The van der Waals surface area contributed by atoms with Crippen LogP contribution in [0.1, 0.15) is 51.0 Å². The number of halogens is 2. The maximum Gasteiger partial charge on any atom is 0.107 e. The van der Waals surface area contributed by atoms with Crippen molar-refractivity contribution in [2.75, 3.05) is 11.9 Å². The molecule has 5 heteroatoms. The van der Waals surface area contributed by atoms with Crippen LogP contribution in [-0.4, -0.2) is 16.1 Å². The smallest absolute Gasteiger partial charge is 0.107 e. The van der Waals surface area contributed by atoms with E-state index in [9.17, 15) is 0 Å². The molecular weight excluding hydrogens is 377 g/mol. The number of imidazole rings is 1. The average molecular weight is 404 g/mol. The molecule has 27 heavy (non-hydrogen) atoms. The second-order valence-electron chi connectivity index (χ2n) is 6.93. The highest BCUT2D eigenvalue weighted by molar-refractivity contribution is 6.35. The molecule has 0 aliphatic carbocycles. The topological polar surface area (TPSA) is 29.9 Å². The van der Waals surface area contributed by atoms with Crippen molar-refractivity contribution in [3.05, 3.63) is 58.3 Å². The van der Waals surface area contributed by atoms with Gasteiger partial charge in [0.05, 0.1) is 16.9 Å². The number of nitrogens with zero attached hydrogens (tertiary/aromatic N) is 2. The van der Waals surface area contributed by atoms with E-state index in [1.807, 2.05) is 36.7 Å². The minimum atomic E-state index is 0.548. The van der Waals surface area contributed by atoms with Gasteiger partial charge in [0.1, 0.15) is 5.52 Å². The highest BCUT2D eigenvalue weighted by Crippen LogP contribution is 2.33. The van der Waals surface area contributed by atoms with E-state index in [1.54, 1.807) is 0 Å². The predicted molar refractivity (Wildman–Crippen MR) is 117 cm³/mol.